The summed E-state index contributed by atoms with van der Waals surface area (Å²) in [6.45, 7) is 10.3. The Morgan fingerprint density at radius 2 is 1.83 bits per heavy atom. The predicted molar refractivity (Wildman–Crippen MR) is 118 cm³/mol. The SMILES string of the molecule is Cc1cccc(-n2nc(C(C)(C)C)cc2NC(=O)c2cnc3c(c2)c(C)nn3C)c1. The maximum Gasteiger partial charge on any atom is 0.258 e. The van der Waals surface area contributed by atoms with Crippen molar-refractivity contribution in [1.82, 2.24) is 24.5 Å². The molecule has 0 atom stereocenters. The number of hydrogen-bond acceptors (Lipinski definition) is 4. The monoisotopic (exact) mass is 402 g/mol. The van der Waals surface area contributed by atoms with E-state index in [9.17, 15) is 4.79 Å². The zero-order chi connectivity index (χ0) is 21.6. The molecule has 1 N–H and O–H groups in total. The molecule has 3 aromatic heterocycles. The maximum absolute atomic E-state index is 13.1. The van der Waals surface area contributed by atoms with Crippen LogP contribution < -0.4 is 5.32 Å². The van der Waals surface area contributed by atoms with Crippen LogP contribution in [-0.2, 0) is 12.5 Å². The van der Waals surface area contributed by atoms with E-state index in [1.807, 2.05) is 57.3 Å². The highest BCUT2D eigenvalue weighted by atomic mass is 16.1. The molecule has 1 aromatic carbocycles. The molecule has 0 aliphatic heterocycles. The van der Waals surface area contributed by atoms with Gasteiger partial charge in [0.05, 0.1) is 22.6 Å². The van der Waals surface area contributed by atoms with Gasteiger partial charge in [0.15, 0.2) is 5.65 Å². The number of carbonyl (C=O) groups is 1. The molecular weight excluding hydrogens is 376 g/mol. The summed E-state index contributed by atoms with van der Waals surface area (Å²) < 4.78 is 3.50. The van der Waals surface area contributed by atoms with E-state index in [-0.39, 0.29) is 11.3 Å². The Labute approximate surface area is 175 Å². The van der Waals surface area contributed by atoms with Crippen LogP contribution in [-0.4, -0.2) is 30.5 Å². The molecule has 0 spiro atoms. The fourth-order valence-electron chi connectivity index (χ4n) is 3.41. The molecule has 1 amide bonds. The van der Waals surface area contributed by atoms with Crippen molar-refractivity contribution in [2.75, 3.05) is 5.32 Å². The molecule has 0 radical (unpaired) electrons. The van der Waals surface area contributed by atoms with Crippen LogP contribution in [0.3, 0.4) is 0 Å². The molecule has 0 saturated carbocycles. The van der Waals surface area contributed by atoms with Gasteiger partial charge in [0, 0.05) is 30.1 Å². The van der Waals surface area contributed by atoms with Gasteiger partial charge in [-0.05, 0) is 37.6 Å². The molecule has 154 valence electrons. The predicted octanol–water partition coefficient (Wildman–Crippen LogP) is 4.32. The molecule has 0 bridgehead atoms. The summed E-state index contributed by atoms with van der Waals surface area (Å²) in [5.41, 5.74) is 4.85. The molecule has 0 fully saturated rings. The van der Waals surface area contributed by atoms with E-state index in [1.54, 1.807) is 15.6 Å². The van der Waals surface area contributed by atoms with Crippen molar-refractivity contribution in [2.24, 2.45) is 7.05 Å². The lowest BCUT2D eigenvalue weighted by atomic mass is 9.92. The number of nitrogens with zero attached hydrogens (tertiary/aromatic N) is 5. The quantitative estimate of drug-likeness (QED) is 0.554. The Morgan fingerprint density at radius 3 is 2.53 bits per heavy atom. The van der Waals surface area contributed by atoms with Crippen molar-refractivity contribution in [3.05, 3.63) is 65.1 Å². The third kappa shape index (κ3) is 3.58. The normalized spacial score (nSPS) is 11.8. The number of aryl methyl sites for hydroxylation is 3. The van der Waals surface area contributed by atoms with Crippen LogP contribution in [0.15, 0.2) is 42.6 Å². The van der Waals surface area contributed by atoms with Gasteiger partial charge in [-0.1, -0.05) is 32.9 Å². The molecule has 0 aliphatic carbocycles. The minimum Gasteiger partial charge on any atom is -0.306 e. The molecule has 30 heavy (non-hydrogen) atoms. The Morgan fingerprint density at radius 1 is 1.07 bits per heavy atom. The Hall–Kier alpha value is -3.48. The molecule has 0 saturated heterocycles. The highest BCUT2D eigenvalue weighted by molar-refractivity contribution is 6.05. The molecule has 7 heteroatoms. The van der Waals surface area contributed by atoms with Crippen LogP contribution in [0.25, 0.3) is 16.7 Å². The van der Waals surface area contributed by atoms with Gasteiger partial charge in [0.2, 0.25) is 0 Å². The smallest absolute Gasteiger partial charge is 0.258 e. The van der Waals surface area contributed by atoms with E-state index in [0.717, 1.165) is 33.7 Å². The van der Waals surface area contributed by atoms with Gasteiger partial charge in [-0.25, -0.2) is 9.67 Å². The molecular formula is C23H26N6O. The average molecular weight is 403 g/mol. The Bertz CT molecular complexity index is 1260. The zero-order valence-corrected chi connectivity index (χ0v) is 18.2. The van der Waals surface area contributed by atoms with E-state index in [0.29, 0.717) is 11.4 Å². The summed E-state index contributed by atoms with van der Waals surface area (Å²) in [7, 11) is 1.84. The van der Waals surface area contributed by atoms with Crippen LogP contribution in [0.1, 0.15) is 48.1 Å². The second kappa shape index (κ2) is 7.09. The molecule has 0 aliphatic rings. The van der Waals surface area contributed by atoms with Crippen molar-refractivity contribution < 1.29 is 4.79 Å². The fraction of sp³-hybridized carbons (Fsp3) is 0.304. The first-order valence-electron chi connectivity index (χ1n) is 9.92. The lowest BCUT2D eigenvalue weighted by molar-refractivity contribution is 0.102. The fourth-order valence-corrected chi connectivity index (χ4v) is 3.41. The number of fused-ring (bicyclic) bond motifs is 1. The van der Waals surface area contributed by atoms with Crippen LogP contribution in [0.5, 0.6) is 0 Å². The van der Waals surface area contributed by atoms with Gasteiger partial charge in [-0.2, -0.15) is 10.2 Å². The largest absolute Gasteiger partial charge is 0.306 e. The lowest BCUT2D eigenvalue weighted by Gasteiger charge is -2.14. The van der Waals surface area contributed by atoms with Crippen molar-refractivity contribution in [3.8, 4) is 5.69 Å². The van der Waals surface area contributed by atoms with E-state index in [1.165, 1.54) is 0 Å². The first-order chi connectivity index (χ1) is 14.1. The van der Waals surface area contributed by atoms with Gasteiger partial charge in [0.1, 0.15) is 5.82 Å². The number of rotatable bonds is 3. The Balaban J connectivity index is 1.74. The van der Waals surface area contributed by atoms with Gasteiger partial charge in [-0.3, -0.25) is 9.48 Å². The second-order valence-electron chi connectivity index (χ2n) is 8.67. The number of aromatic nitrogens is 5. The van der Waals surface area contributed by atoms with Gasteiger partial charge >= 0.3 is 0 Å². The summed E-state index contributed by atoms with van der Waals surface area (Å²) in [5, 5.41) is 13.0. The summed E-state index contributed by atoms with van der Waals surface area (Å²) in [6.07, 6.45) is 1.58. The minimum absolute atomic E-state index is 0.151. The summed E-state index contributed by atoms with van der Waals surface area (Å²) >= 11 is 0. The average Bonchev–Trinajstić information content (AvgIpc) is 3.23. The van der Waals surface area contributed by atoms with Crippen LogP contribution in [0, 0.1) is 13.8 Å². The van der Waals surface area contributed by atoms with E-state index < -0.39 is 0 Å². The minimum atomic E-state index is -0.234. The van der Waals surface area contributed by atoms with Gasteiger partial charge in [0.25, 0.3) is 5.91 Å². The Kier molecular flexibility index (Phi) is 4.68. The molecule has 7 nitrogen and oxygen atoms in total. The number of benzene rings is 1. The molecule has 0 unspecified atom stereocenters. The van der Waals surface area contributed by atoms with Gasteiger partial charge in [-0.15, -0.1) is 0 Å². The van der Waals surface area contributed by atoms with E-state index in [4.69, 9.17) is 5.10 Å². The van der Waals surface area contributed by atoms with Crippen molar-refractivity contribution in [3.63, 3.8) is 0 Å². The maximum atomic E-state index is 13.1. The topological polar surface area (TPSA) is 77.6 Å². The molecule has 4 rings (SSSR count). The summed E-state index contributed by atoms with van der Waals surface area (Å²) in [6, 6.07) is 11.8. The number of carbonyl (C=O) groups excluding carboxylic acids is 1. The third-order valence-corrected chi connectivity index (χ3v) is 5.09. The first kappa shape index (κ1) is 19.8. The second-order valence-corrected chi connectivity index (χ2v) is 8.67. The van der Waals surface area contributed by atoms with Gasteiger partial charge < -0.3 is 5.32 Å². The van der Waals surface area contributed by atoms with Crippen LogP contribution >= 0.6 is 0 Å². The van der Waals surface area contributed by atoms with E-state index >= 15 is 0 Å². The first-order valence-corrected chi connectivity index (χ1v) is 9.92. The van der Waals surface area contributed by atoms with E-state index in [2.05, 4.69) is 36.2 Å². The number of nitrogens with one attached hydrogen (secondary N) is 1. The van der Waals surface area contributed by atoms with Crippen LogP contribution in [0.4, 0.5) is 5.82 Å². The van der Waals surface area contributed by atoms with Crippen molar-refractivity contribution in [1.29, 1.82) is 0 Å². The van der Waals surface area contributed by atoms with Crippen LogP contribution in [0.2, 0.25) is 0 Å². The number of pyridine rings is 1. The molecule has 4 aromatic rings. The zero-order valence-electron chi connectivity index (χ0n) is 18.2. The summed E-state index contributed by atoms with van der Waals surface area (Å²) in [4.78, 5) is 17.5. The number of amides is 1. The highest BCUT2D eigenvalue weighted by Crippen LogP contribution is 2.27. The number of hydrogen-bond donors (Lipinski definition) is 1. The van der Waals surface area contributed by atoms with Crippen molar-refractivity contribution >= 4 is 22.8 Å². The van der Waals surface area contributed by atoms with Crippen molar-refractivity contribution in [2.45, 2.75) is 40.0 Å². The highest BCUT2D eigenvalue weighted by Gasteiger charge is 2.22. The third-order valence-electron chi connectivity index (χ3n) is 5.09. The standard InChI is InChI=1S/C23H26N6O/c1-14-8-7-9-17(10-14)29-20(12-19(27-29)23(3,4)5)25-22(30)16-11-18-15(2)26-28(6)21(18)24-13-16/h7-13H,1-6H3,(H,25,30). The lowest BCUT2D eigenvalue weighted by Crippen LogP contribution is -2.15. The molecule has 3 heterocycles. The number of anilines is 1. The summed E-state index contributed by atoms with van der Waals surface area (Å²) in [5.74, 6) is 0.389.